The van der Waals surface area contributed by atoms with E-state index in [1.165, 1.54) is 6.34 Å². The van der Waals surface area contributed by atoms with E-state index < -0.39 is 10.4 Å². The largest absolute Gasteiger partial charge is 0.313 e. The van der Waals surface area contributed by atoms with Crippen LogP contribution in [-0.2, 0) is 4.79 Å². The molecular weight excluding hydrogens is 151 g/mol. The summed E-state index contributed by atoms with van der Waals surface area (Å²) in [5.41, 5.74) is 0. The Hall–Kier alpha value is -0.280. The maximum Gasteiger partial charge on any atom is 0.289 e. The molecule has 5 heteroatoms. The summed E-state index contributed by atoms with van der Waals surface area (Å²) < 4.78 is -1.58. The van der Waals surface area contributed by atoms with E-state index in [2.05, 4.69) is 10.3 Å². The lowest BCUT2D eigenvalue weighted by molar-refractivity contribution is -0.119. The van der Waals surface area contributed by atoms with Gasteiger partial charge in [0, 0.05) is 0 Å². The van der Waals surface area contributed by atoms with E-state index >= 15 is 0 Å². The molecule has 1 heterocycles. The van der Waals surface area contributed by atoms with Crippen molar-refractivity contribution in [2.24, 2.45) is 4.99 Å². The Morgan fingerprint density at radius 3 is 2.50 bits per heavy atom. The molecule has 1 rings (SSSR count). The summed E-state index contributed by atoms with van der Waals surface area (Å²) in [4.78, 5) is 13.8. The Balaban J connectivity index is 2.82. The van der Waals surface area contributed by atoms with Crippen LogP contribution in [0.1, 0.15) is 0 Å². The minimum absolute atomic E-state index is 0.499. The quantitative estimate of drug-likeness (QED) is 0.394. The van der Waals surface area contributed by atoms with E-state index in [0.717, 1.165) is 0 Å². The fourth-order valence-electron chi connectivity index (χ4n) is 0.317. The molecule has 0 aromatic rings. The van der Waals surface area contributed by atoms with Crippen LogP contribution in [-0.4, -0.2) is 16.7 Å². The Kier molecular flexibility index (Phi) is 1.17. The van der Waals surface area contributed by atoms with Crippen molar-refractivity contribution in [1.29, 1.82) is 0 Å². The van der Waals surface area contributed by atoms with Gasteiger partial charge in [0.15, 0.2) is 0 Å². The van der Waals surface area contributed by atoms with Gasteiger partial charge < -0.3 is 5.32 Å². The molecule has 0 radical (unpaired) electrons. The number of halogens is 2. The normalized spacial score (nSPS) is 23.5. The van der Waals surface area contributed by atoms with Crippen LogP contribution in [0.4, 0.5) is 0 Å². The first-order valence-corrected chi connectivity index (χ1v) is 2.61. The number of carbonyl (C=O) groups excluding carboxylic acids is 1. The van der Waals surface area contributed by atoms with Gasteiger partial charge in [-0.1, -0.05) is 23.2 Å². The number of nitrogens with zero attached hydrogens (tertiary/aromatic N) is 1. The molecule has 1 amide bonds. The van der Waals surface area contributed by atoms with E-state index in [1.54, 1.807) is 0 Å². The van der Waals surface area contributed by atoms with Crippen LogP contribution in [0.2, 0.25) is 0 Å². The molecule has 0 aliphatic carbocycles. The SMILES string of the molecule is O=C1NC=NC1(Cl)Cl. The second kappa shape index (κ2) is 1.60. The third kappa shape index (κ3) is 0.788. The molecule has 0 fully saturated rings. The Labute approximate surface area is 55.7 Å². The average Bonchev–Trinajstić information content (AvgIpc) is 1.86. The molecule has 0 aromatic carbocycles. The molecule has 0 atom stereocenters. The molecule has 1 aliphatic heterocycles. The molecule has 0 saturated carbocycles. The van der Waals surface area contributed by atoms with E-state index in [-0.39, 0.29) is 0 Å². The van der Waals surface area contributed by atoms with E-state index in [4.69, 9.17) is 23.2 Å². The molecule has 0 aromatic heterocycles. The van der Waals surface area contributed by atoms with Crippen molar-refractivity contribution in [2.75, 3.05) is 0 Å². The number of hydrogen-bond donors (Lipinski definition) is 1. The third-order valence-corrected chi connectivity index (χ3v) is 1.23. The monoisotopic (exact) mass is 152 g/mol. The summed E-state index contributed by atoms with van der Waals surface area (Å²) in [6.45, 7) is 0. The highest BCUT2D eigenvalue weighted by Crippen LogP contribution is 2.24. The van der Waals surface area contributed by atoms with Crippen molar-refractivity contribution in [3.8, 4) is 0 Å². The molecule has 1 N–H and O–H groups in total. The second-order valence-corrected chi connectivity index (χ2v) is 2.56. The van der Waals surface area contributed by atoms with Crippen LogP contribution in [0.15, 0.2) is 4.99 Å². The highest BCUT2D eigenvalue weighted by atomic mass is 35.5. The fraction of sp³-hybridized carbons (Fsp3) is 0.333. The van der Waals surface area contributed by atoms with Crippen LogP contribution in [0.5, 0.6) is 0 Å². The molecule has 44 valence electrons. The molecule has 1 aliphatic rings. The topological polar surface area (TPSA) is 41.5 Å². The summed E-state index contributed by atoms with van der Waals surface area (Å²) in [5, 5.41) is 2.22. The van der Waals surface area contributed by atoms with Gasteiger partial charge >= 0.3 is 0 Å². The number of carbonyl (C=O) groups is 1. The first-order chi connectivity index (χ1) is 3.63. The Morgan fingerprint density at radius 2 is 2.38 bits per heavy atom. The lowest BCUT2D eigenvalue weighted by Gasteiger charge is -2.01. The van der Waals surface area contributed by atoms with E-state index in [0.29, 0.717) is 0 Å². The number of nitrogens with one attached hydrogen (secondary N) is 1. The zero-order valence-corrected chi connectivity index (χ0v) is 5.20. The first-order valence-electron chi connectivity index (χ1n) is 1.85. The predicted molar refractivity (Wildman–Crippen MR) is 31.1 cm³/mol. The molecule has 8 heavy (non-hydrogen) atoms. The van der Waals surface area contributed by atoms with Gasteiger partial charge in [0.05, 0.1) is 6.34 Å². The second-order valence-electron chi connectivity index (χ2n) is 1.27. The maximum absolute atomic E-state index is 10.4. The highest BCUT2D eigenvalue weighted by molar-refractivity contribution is 6.59. The van der Waals surface area contributed by atoms with Gasteiger partial charge in [-0.15, -0.1) is 0 Å². The number of alkyl halides is 2. The zero-order valence-electron chi connectivity index (χ0n) is 3.69. The van der Waals surface area contributed by atoms with E-state index in [9.17, 15) is 4.79 Å². The number of amides is 1. The van der Waals surface area contributed by atoms with Crippen molar-refractivity contribution < 1.29 is 4.79 Å². The predicted octanol–water partition coefficient (Wildman–Crippen LogP) is 0.276. The summed E-state index contributed by atoms with van der Waals surface area (Å²) in [6, 6.07) is 0. The molecular formula is C3H2Cl2N2O. The van der Waals surface area contributed by atoms with Gasteiger partial charge in [-0.25, -0.2) is 4.99 Å². The summed E-state index contributed by atoms with van der Waals surface area (Å²) in [7, 11) is 0. The Morgan fingerprint density at radius 1 is 1.75 bits per heavy atom. The molecule has 0 spiro atoms. The first kappa shape index (κ1) is 5.85. The molecule has 3 nitrogen and oxygen atoms in total. The molecule has 0 saturated heterocycles. The van der Waals surface area contributed by atoms with Gasteiger partial charge in [-0.3, -0.25) is 4.79 Å². The van der Waals surface area contributed by atoms with Crippen LogP contribution in [0.3, 0.4) is 0 Å². The Bertz CT molecular complexity index is 153. The van der Waals surface area contributed by atoms with Crippen LogP contribution < -0.4 is 5.32 Å². The van der Waals surface area contributed by atoms with Gasteiger partial charge in [0.25, 0.3) is 10.4 Å². The van der Waals surface area contributed by atoms with Crippen molar-refractivity contribution in [3.63, 3.8) is 0 Å². The van der Waals surface area contributed by atoms with Crippen LogP contribution in [0.25, 0.3) is 0 Å². The fourth-order valence-corrected chi connectivity index (χ4v) is 0.524. The minimum Gasteiger partial charge on any atom is -0.313 e. The lowest BCUT2D eigenvalue weighted by atomic mass is 10.6. The zero-order chi connectivity index (χ0) is 6.20. The van der Waals surface area contributed by atoms with Gasteiger partial charge in [-0.05, 0) is 0 Å². The lowest BCUT2D eigenvalue weighted by Crippen LogP contribution is -2.27. The number of aliphatic imine (C=N–C) groups is 1. The smallest absolute Gasteiger partial charge is 0.289 e. The summed E-state index contributed by atoms with van der Waals surface area (Å²) >= 11 is 10.5. The molecule has 0 bridgehead atoms. The van der Waals surface area contributed by atoms with Crippen molar-refractivity contribution in [2.45, 2.75) is 4.46 Å². The van der Waals surface area contributed by atoms with Crippen molar-refractivity contribution in [1.82, 2.24) is 5.32 Å². The number of hydrogen-bond acceptors (Lipinski definition) is 2. The number of rotatable bonds is 0. The van der Waals surface area contributed by atoms with Gasteiger partial charge in [0.2, 0.25) is 0 Å². The minimum atomic E-state index is -1.58. The van der Waals surface area contributed by atoms with Gasteiger partial charge in [-0.2, -0.15) is 0 Å². The van der Waals surface area contributed by atoms with Gasteiger partial charge in [0.1, 0.15) is 0 Å². The standard InChI is InChI=1S/C3H2Cl2N2O/c4-3(5)2(8)6-1-7-3/h1H,(H,6,7,8). The molecule has 0 unspecified atom stereocenters. The van der Waals surface area contributed by atoms with Crippen LogP contribution >= 0.6 is 23.2 Å². The van der Waals surface area contributed by atoms with E-state index in [1.807, 2.05) is 0 Å². The average molecular weight is 153 g/mol. The highest BCUT2D eigenvalue weighted by Gasteiger charge is 2.35. The third-order valence-electron chi connectivity index (χ3n) is 0.696. The maximum atomic E-state index is 10.4. The summed E-state index contributed by atoms with van der Waals surface area (Å²) in [5.74, 6) is -0.499. The van der Waals surface area contributed by atoms with Crippen molar-refractivity contribution in [3.05, 3.63) is 0 Å². The van der Waals surface area contributed by atoms with Crippen LogP contribution in [0, 0.1) is 0 Å². The van der Waals surface area contributed by atoms with Crippen molar-refractivity contribution >= 4 is 35.4 Å². The summed E-state index contributed by atoms with van der Waals surface area (Å²) in [6.07, 6.45) is 1.17.